The Morgan fingerprint density at radius 1 is 1.60 bits per heavy atom. The van der Waals surface area contributed by atoms with Crippen molar-refractivity contribution in [3.63, 3.8) is 0 Å². The Bertz CT molecular complexity index is 299. The summed E-state index contributed by atoms with van der Waals surface area (Å²) < 4.78 is 21.6. The molecule has 1 heterocycles. The normalized spacial score (nSPS) is 22.7. The third kappa shape index (κ3) is 0.844. The minimum atomic E-state index is -3.56. The molecule has 0 N–H and O–H groups in total. The fraction of sp³-hybridized carbons (Fsp3) is 0.500. The van der Waals surface area contributed by atoms with Gasteiger partial charge in [-0.1, -0.05) is 0 Å². The highest BCUT2D eigenvalue weighted by Gasteiger charge is 2.35. The van der Waals surface area contributed by atoms with E-state index in [1.807, 2.05) is 0 Å². The second-order valence-corrected chi connectivity index (χ2v) is 3.76. The molecule has 0 radical (unpaired) electrons. The molecule has 0 spiro atoms. The topological polar surface area (TPSA) is 78.2 Å². The number of hydrogen-bond donors (Lipinski definition) is 0. The van der Waals surface area contributed by atoms with E-state index in [0.29, 0.717) is 0 Å². The van der Waals surface area contributed by atoms with Crippen molar-refractivity contribution in [1.82, 2.24) is 4.31 Å². The molecular weight excluding hydrogens is 156 g/mol. The number of sulfonamides is 1. The van der Waals surface area contributed by atoms with Crippen molar-refractivity contribution < 1.29 is 13.2 Å². The molecule has 0 aromatic carbocycles. The number of rotatable bonds is 0. The number of carbonyl (C=O) groups excluding carboxylic acids is 1. The third-order valence-electron chi connectivity index (χ3n) is 1.17. The summed E-state index contributed by atoms with van der Waals surface area (Å²) in [4.78, 5) is 10.5. The predicted molar refractivity (Wildman–Crippen MR) is 30.9 cm³/mol. The lowest BCUT2D eigenvalue weighted by atomic mass is 10.5. The van der Waals surface area contributed by atoms with E-state index in [-0.39, 0.29) is 16.5 Å². The van der Waals surface area contributed by atoms with Crippen LogP contribution < -0.4 is 0 Å². The summed E-state index contributed by atoms with van der Waals surface area (Å²) in [5, 5.41) is 8.15. The van der Waals surface area contributed by atoms with Gasteiger partial charge in [0.05, 0.1) is 5.75 Å². The first-order valence-corrected chi connectivity index (χ1v) is 4.14. The van der Waals surface area contributed by atoms with Gasteiger partial charge in [-0.05, 0) is 0 Å². The van der Waals surface area contributed by atoms with Gasteiger partial charge in [0.25, 0.3) is 15.9 Å². The number of nitrogens with zero attached hydrogens (tertiary/aromatic N) is 2. The summed E-state index contributed by atoms with van der Waals surface area (Å²) in [5.74, 6) is -0.873. The van der Waals surface area contributed by atoms with Crippen LogP contribution in [0, 0.1) is 11.5 Å². The summed E-state index contributed by atoms with van der Waals surface area (Å²) in [7, 11) is -3.56. The van der Waals surface area contributed by atoms with Gasteiger partial charge in [-0.15, -0.1) is 4.31 Å². The van der Waals surface area contributed by atoms with Crippen molar-refractivity contribution in [1.29, 1.82) is 5.26 Å². The molecule has 1 aliphatic heterocycles. The zero-order valence-electron chi connectivity index (χ0n) is 4.94. The molecule has 1 aliphatic rings. The van der Waals surface area contributed by atoms with Crippen molar-refractivity contribution in [3.05, 3.63) is 0 Å². The van der Waals surface area contributed by atoms with Gasteiger partial charge in [0, 0.05) is 6.42 Å². The van der Waals surface area contributed by atoms with Crippen LogP contribution in [0.25, 0.3) is 0 Å². The van der Waals surface area contributed by atoms with Crippen LogP contribution in [0.15, 0.2) is 0 Å². The number of carbonyl (C=O) groups is 1. The fourth-order valence-corrected chi connectivity index (χ4v) is 1.82. The average molecular weight is 160 g/mol. The van der Waals surface area contributed by atoms with E-state index in [0.717, 1.165) is 0 Å². The highest BCUT2D eigenvalue weighted by atomic mass is 32.2. The molecule has 1 amide bonds. The lowest BCUT2D eigenvalue weighted by Crippen LogP contribution is -2.23. The smallest absolute Gasteiger partial charge is 0.250 e. The molecule has 54 valence electrons. The van der Waals surface area contributed by atoms with Gasteiger partial charge in [-0.3, -0.25) is 4.79 Å². The van der Waals surface area contributed by atoms with Crippen molar-refractivity contribution in [2.45, 2.75) is 6.42 Å². The van der Waals surface area contributed by atoms with E-state index in [1.165, 1.54) is 6.19 Å². The monoisotopic (exact) mass is 160 g/mol. The van der Waals surface area contributed by atoms with Crippen LogP contribution >= 0.6 is 0 Å². The maximum Gasteiger partial charge on any atom is 0.250 e. The van der Waals surface area contributed by atoms with E-state index in [1.54, 1.807) is 0 Å². The molecule has 1 rings (SSSR count). The Morgan fingerprint density at radius 2 is 2.20 bits per heavy atom. The fourth-order valence-electron chi connectivity index (χ4n) is 0.682. The van der Waals surface area contributed by atoms with Crippen molar-refractivity contribution >= 4 is 15.9 Å². The van der Waals surface area contributed by atoms with Gasteiger partial charge in [0.1, 0.15) is 0 Å². The first-order valence-electron chi connectivity index (χ1n) is 2.53. The molecule has 0 saturated carbocycles. The van der Waals surface area contributed by atoms with Crippen LogP contribution in [0.3, 0.4) is 0 Å². The standard InChI is InChI=1S/C4H4N2O3S/c5-3-6-4(7)1-2-10(6,8)9/h1-2H2. The highest BCUT2D eigenvalue weighted by molar-refractivity contribution is 7.90. The van der Waals surface area contributed by atoms with Crippen LogP contribution in [0.4, 0.5) is 0 Å². The average Bonchev–Trinajstić information content (AvgIpc) is 2.07. The molecule has 5 nitrogen and oxygen atoms in total. The van der Waals surface area contributed by atoms with Gasteiger partial charge >= 0.3 is 0 Å². The third-order valence-corrected chi connectivity index (χ3v) is 2.73. The van der Waals surface area contributed by atoms with E-state index in [4.69, 9.17) is 5.26 Å². The van der Waals surface area contributed by atoms with Gasteiger partial charge in [-0.2, -0.15) is 5.26 Å². The van der Waals surface area contributed by atoms with Gasteiger partial charge in [-0.25, -0.2) is 8.42 Å². The SMILES string of the molecule is N#CN1C(=O)CCS1(=O)=O. The van der Waals surface area contributed by atoms with E-state index < -0.39 is 15.9 Å². The molecule has 0 unspecified atom stereocenters. The highest BCUT2D eigenvalue weighted by Crippen LogP contribution is 2.12. The number of hydrogen-bond acceptors (Lipinski definition) is 4. The summed E-state index contributed by atoms with van der Waals surface area (Å²) in [5.41, 5.74) is 0. The molecule has 6 heteroatoms. The van der Waals surface area contributed by atoms with E-state index >= 15 is 0 Å². The Hall–Kier alpha value is -1.09. The van der Waals surface area contributed by atoms with Crippen LogP contribution in [0.2, 0.25) is 0 Å². The van der Waals surface area contributed by atoms with E-state index in [2.05, 4.69) is 0 Å². The first-order chi connectivity index (χ1) is 4.58. The molecule has 0 aromatic heterocycles. The maximum absolute atomic E-state index is 10.7. The second-order valence-electron chi connectivity index (χ2n) is 1.82. The van der Waals surface area contributed by atoms with Crippen molar-refractivity contribution in [2.75, 3.05) is 5.75 Å². The van der Waals surface area contributed by atoms with Crippen molar-refractivity contribution in [2.24, 2.45) is 0 Å². The summed E-state index contributed by atoms with van der Waals surface area (Å²) in [6.45, 7) is 0. The second kappa shape index (κ2) is 1.95. The summed E-state index contributed by atoms with van der Waals surface area (Å²) in [6.07, 6.45) is 1.23. The Labute approximate surface area is 57.9 Å². The van der Waals surface area contributed by atoms with Gasteiger partial charge < -0.3 is 0 Å². The Kier molecular flexibility index (Phi) is 1.37. The van der Waals surface area contributed by atoms with Crippen LogP contribution in [0.5, 0.6) is 0 Å². The summed E-state index contributed by atoms with van der Waals surface area (Å²) in [6, 6.07) is 0. The zero-order valence-corrected chi connectivity index (χ0v) is 5.76. The van der Waals surface area contributed by atoms with Crippen LogP contribution in [-0.4, -0.2) is 24.4 Å². The first kappa shape index (κ1) is 7.02. The Morgan fingerprint density at radius 3 is 2.40 bits per heavy atom. The number of nitriles is 1. The van der Waals surface area contributed by atoms with Gasteiger partial charge in [0.15, 0.2) is 0 Å². The minimum Gasteiger partial charge on any atom is -0.273 e. The molecule has 0 atom stereocenters. The zero-order chi connectivity index (χ0) is 7.78. The molecule has 1 fully saturated rings. The molecule has 0 bridgehead atoms. The van der Waals surface area contributed by atoms with E-state index in [9.17, 15) is 13.2 Å². The molecule has 0 aromatic rings. The molecular formula is C4H4N2O3S. The molecule has 10 heavy (non-hydrogen) atoms. The Balaban J connectivity index is 3.10. The van der Waals surface area contributed by atoms with Gasteiger partial charge in [0.2, 0.25) is 6.19 Å². The quantitative estimate of drug-likeness (QED) is 0.427. The lowest BCUT2D eigenvalue weighted by molar-refractivity contribution is -0.123. The van der Waals surface area contributed by atoms with Crippen LogP contribution in [0.1, 0.15) is 6.42 Å². The summed E-state index contributed by atoms with van der Waals surface area (Å²) >= 11 is 0. The molecule has 1 saturated heterocycles. The lowest BCUT2D eigenvalue weighted by Gasteiger charge is -1.99. The maximum atomic E-state index is 10.7. The van der Waals surface area contributed by atoms with Crippen molar-refractivity contribution in [3.8, 4) is 6.19 Å². The number of amides is 1. The predicted octanol–water partition coefficient (Wildman–Crippen LogP) is -0.970. The van der Waals surface area contributed by atoms with Crippen LogP contribution in [-0.2, 0) is 14.8 Å². The largest absolute Gasteiger partial charge is 0.273 e. The minimum absolute atomic E-state index is 0.0735. The molecule has 0 aliphatic carbocycles.